The molecule has 2 aromatic rings. The minimum Gasteiger partial charge on any atom is -0.488 e. The Morgan fingerprint density at radius 1 is 0.935 bits per heavy atom. The van der Waals surface area contributed by atoms with E-state index < -0.39 is 31.9 Å². The molecule has 0 saturated carbocycles. The molecule has 10 heteroatoms. The average molecular weight is 658 g/mol. The Morgan fingerprint density at radius 3 is 2.07 bits per heavy atom. The number of morpholine rings is 1. The van der Waals surface area contributed by atoms with E-state index in [1.54, 1.807) is 0 Å². The molecule has 0 aliphatic carbocycles. The van der Waals surface area contributed by atoms with Crippen LogP contribution in [0, 0.1) is 5.92 Å². The Balaban J connectivity index is 1.67. The zero-order valence-electron chi connectivity index (χ0n) is 29.2. The minimum absolute atomic E-state index is 0.0392. The zero-order valence-corrected chi connectivity index (χ0v) is 30.2. The second kappa shape index (κ2) is 15.9. The first kappa shape index (κ1) is 37.7. The molecule has 0 spiro atoms. The molecule has 1 aliphatic rings. The number of carbonyl (C=O) groups excluding carboxylic acids is 1. The van der Waals surface area contributed by atoms with Crippen molar-refractivity contribution in [3.63, 3.8) is 0 Å². The number of ether oxygens (including phenoxy) is 3. The maximum absolute atomic E-state index is 13.1. The molecule has 9 nitrogen and oxygen atoms in total. The first-order valence-electron chi connectivity index (χ1n) is 16.5. The van der Waals surface area contributed by atoms with E-state index in [0.29, 0.717) is 64.5 Å². The summed E-state index contributed by atoms with van der Waals surface area (Å²) in [5, 5.41) is 10.2. The van der Waals surface area contributed by atoms with E-state index in [-0.39, 0.29) is 21.7 Å². The third-order valence-corrected chi connectivity index (χ3v) is 13.7. The molecule has 0 radical (unpaired) electrons. The van der Waals surface area contributed by atoms with E-state index in [2.05, 4.69) is 33.9 Å². The van der Waals surface area contributed by atoms with Crippen LogP contribution in [-0.2, 0) is 31.5 Å². The molecule has 3 rings (SSSR count). The highest BCUT2D eigenvalue weighted by Crippen LogP contribution is 2.38. The van der Waals surface area contributed by atoms with Gasteiger partial charge in [0.2, 0.25) is 0 Å². The number of benzene rings is 2. The Bertz CT molecular complexity index is 1250. The molecule has 46 heavy (non-hydrogen) atoms. The lowest BCUT2D eigenvalue weighted by Gasteiger charge is -2.41. The van der Waals surface area contributed by atoms with E-state index in [9.17, 15) is 14.7 Å². The van der Waals surface area contributed by atoms with Crippen molar-refractivity contribution < 1.29 is 37.8 Å². The third-order valence-electron chi connectivity index (χ3n) is 9.21. The lowest BCUT2D eigenvalue weighted by Crippen LogP contribution is -2.61. The highest BCUT2D eigenvalue weighted by atomic mass is 28.4. The minimum atomic E-state index is -2.23. The number of nitrogens with zero attached hydrogens (tertiary/aromatic N) is 1. The lowest BCUT2D eigenvalue weighted by atomic mass is 9.90. The second-order valence-electron chi connectivity index (χ2n) is 15.1. The summed E-state index contributed by atoms with van der Waals surface area (Å²) in [6, 6.07) is 17.2. The monoisotopic (exact) mass is 657 g/mol. The van der Waals surface area contributed by atoms with Crippen LogP contribution in [0.3, 0.4) is 0 Å². The molecule has 0 unspecified atom stereocenters. The normalized spacial score (nSPS) is 17.5. The van der Waals surface area contributed by atoms with Gasteiger partial charge in [0.25, 0.3) is 0 Å². The number of nitrogens with two attached hydrogens (primary N) is 1. The Morgan fingerprint density at radius 2 is 1.52 bits per heavy atom. The van der Waals surface area contributed by atoms with Gasteiger partial charge in [0.1, 0.15) is 37.6 Å². The van der Waals surface area contributed by atoms with Gasteiger partial charge in [-0.05, 0) is 81.4 Å². The quantitative estimate of drug-likeness (QED) is 0.176. The molecular weight excluding hydrogens is 600 g/mol. The van der Waals surface area contributed by atoms with Gasteiger partial charge in [-0.3, -0.25) is 4.79 Å². The number of rotatable bonds is 14. The van der Waals surface area contributed by atoms with Gasteiger partial charge in [0, 0.05) is 6.04 Å². The summed E-state index contributed by atoms with van der Waals surface area (Å²) in [6.45, 7) is 19.4. The van der Waals surface area contributed by atoms with Gasteiger partial charge in [-0.15, -0.1) is 0 Å². The largest absolute Gasteiger partial charge is 0.516 e. The molecule has 2 aromatic carbocycles. The molecule has 1 saturated heterocycles. The van der Waals surface area contributed by atoms with Crippen LogP contribution in [0.1, 0.15) is 59.1 Å². The highest BCUT2D eigenvalue weighted by Gasteiger charge is 2.43. The molecule has 1 heterocycles. The van der Waals surface area contributed by atoms with Gasteiger partial charge in [0.15, 0.2) is 8.32 Å². The van der Waals surface area contributed by atoms with E-state index in [1.165, 1.54) is 0 Å². The Labute approximate surface area is 277 Å². The van der Waals surface area contributed by atoms with Crippen LogP contribution in [0.4, 0.5) is 4.79 Å². The number of carbonyl (C=O) groups is 2. The van der Waals surface area contributed by atoms with Crippen LogP contribution in [0.25, 0.3) is 0 Å². The van der Waals surface area contributed by atoms with Crippen LogP contribution in [-0.4, -0.2) is 87.2 Å². The van der Waals surface area contributed by atoms with Gasteiger partial charge >= 0.3 is 12.1 Å². The number of quaternary nitrogens is 1. The summed E-state index contributed by atoms with van der Waals surface area (Å²) < 4.78 is 24.3. The summed E-state index contributed by atoms with van der Waals surface area (Å²) in [5.41, 5.74) is 8.20. The summed E-state index contributed by atoms with van der Waals surface area (Å²) in [6.07, 6.45) is 0.630. The molecule has 0 bridgehead atoms. The molecular formula is C36H57N2O7Si+. The summed E-state index contributed by atoms with van der Waals surface area (Å²) >= 11 is 0. The lowest BCUT2D eigenvalue weighted by molar-refractivity contribution is -0.867. The number of aliphatic carboxylic acids is 1. The van der Waals surface area contributed by atoms with E-state index in [0.717, 1.165) is 11.1 Å². The van der Waals surface area contributed by atoms with Crippen molar-refractivity contribution >= 4 is 20.4 Å². The molecule has 256 valence electrons. The molecule has 0 aromatic heterocycles. The summed E-state index contributed by atoms with van der Waals surface area (Å²) in [5.74, 6) is -0.865. The van der Waals surface area contributed by atoms with Crippen molar-refractivity contribution in [3.8, 4) is 5.75 Å². The Hall–Kier alpha value is -2.76. The van der Waals surface area contributed by atoms with Crippen molar-refractivity contribution in [2.24, 2.45) is 11.7 Å². The number of amides is 1. The van der Waals surface area contributed by atoms with E-state index >= 15 is 0 Å². The fourth-order valence-electron chi connectivity index (χ4n) is 5.33. The number of carboxylic acid groups (broad SMARTS) is 1. The zero-order chi connectivity index (χ0) is 34.2. The fraction of sp³-hybridized carbons (Fsp3) is 0.611. The molecule has 1 fully saturated rings. The molecule has 1 aliphatic heterocycles. The van der Waals surface area contributed by atoms with Crippen molar-refractivity contribution in [1.82, 2.24) is 0 Å². The predicted molar refractivity (Wildman–Crippen MR) is 183 cm³/mol. The molecule has 3 atom stereocenters. The van der Waals surface area contributed by atoms with Crippen molar-refractivity contribution in [3.05, 3.63) is 65.7 Å². The molecule has 3 N–H and O–H groups in total. The first-order chi connectivity index (χ1) is 21.4. The number of carboxylic acids is 1. The first-order valence-corrected chi connectivity index (χ1v) is 19.4. The van der Waals surface area contributed by atoms with E-state index in [1.807, 2.05) is 75.4 Å². The van der Waals surface area contributed by atoms with Crippen LogP contribution in [0.5, 0.6) is 5.75 Å². The third kappa shape index (κ3) is 11.2. The van der Waals surface area contributed by atoms with Gasteiger partial charge in [-0.1, -0.05) is 63.2 Å². The van der Waals surface area contributed by atoms with Crippen LogP contribution in [0.2, 0.25) is 18.1 Å². The smallest absolute Gasteiger partial charge is 0.488 e. The van der Waals surface area contributed by atoms with Crippen LogP contribution >= 0.6 is 0 Å². The van der Waals surface area contributed by atoms with Crippen molar-refractivity contribution in [2.75, 3.05) is 39.5 Å². The summed E-state index contributed by atoms with van der Waals surface area (Å²) in [4.78, 5) is 25.6. The highest BCUT2D eigenvalue weighted by molar-refractivity contribution is 6.74. The van der Waals surface area contributed by atoms with Gasteiger partial charge in [-0.25, -0.2) is 4.48 Å². The Kier molecular flexibility index (Phi) is 13.0. The van der Waals surface area contributed by atoms with Crippen LogP contribution in [0.15, 0.2) is 54.6 Å². The van der Waals surface area contributed by atoms with Crippen molar-refractivity contribution in [1.29, 1.82) is 0 Å². The predicted octanol–water partition coefficient (Wildman–Crippen LogP) is 6.44. The molecule has 1 amide bonds. The van der Waals surface area contributed by atoms with Crippen LogP contribution < -0.4 is 10.5 Å². The van der Waals surface area contributed by atoms with Gasteiger partial charge in [0.05, 0.1) is 25.2 Å². The standard InChI is InChI=1S/C36H56N2O7Si/c1-35(2,3)44-34(41)38(18-21-42-22-19-38)20-23-43-30-16-14-28(15-17-30)24-29(33(39)40)26-32(45-46(7,8)36(4,5)6)31(37)25-27-12-10-9-11-13-27/h9-17,29,31-32H,18-26,37H2,1-8H3/p+1/t29-,31+,32+/m1/s1. The maximum Gasteiger partial charge on any atom is 0.516 e. The van der Waals surface area contributed by atoms with Crippen molar-refractivity contribution in [2.45, 2.75) is 96.7 Å². The fourth-order valence-corrected chi connectivity index (χ4v) is 6.71. The summed E-state index contributed by atoms with van der Waals surface area (Å²) in [7, 11) is -2.23. The average Bonchev–Trinajstić information content (AvgIpc) is 2.96. The topological polar surface area (TPSA) is 117 Å². The maximum atomic E-state index is 13.1. The SMILES string of the molecule is CC(C)(C)OC(=O)[N+]1(CCOc2ccc(C[C@H](C[C@H](O[Si](C)(C)C(C)(C)C)[C@@H](N)Cc3ccccc3)C(=O)O)cc2)CCOCC1. The van der Waals surface area contributed by atoms with Gasteiger partial charge < -0.3 is 29.5 Å². The number of hydrogen-bond acceptors (Lipinski definition) is 7. The number of hydrogen-bond donors (Lipinski definition) is 2. The second-order valence-corrected chi connectivity index (χ2v) is 19.9. The van der Waals surface area contributed by atoms with E-state index in [4.69, 9.17) is 24.4 Å². The van der Waals surface area contributed by atoms with Gasteiger partial charge in [-0.2, -0.15) is 4.79 Å².